The van der Waals surface area contributed by atoms with E-state index in [1.165, 1.54) is 24.8 Å². The maximum absolute atomic E-state index is 12.1. The molecular formula is C19H30N2O2. The molecule has 1 aromatic carbocycles. The highest BCUT2D eigenvalue weighted by molar-refractivity contribution is 5.78. The summed E-state index contributed by atoms with van der Waals surface area (Å²) in [5.41, 5.74) is 1.23. The van der Waals surface area contributed by atoms with Crippen molar-refractivity contribution < 1.29 is 9.53 Å². The SMILES string of the molecule is Cc1ccc(OCCN(C)CC(=O)N[C@H]2CCCC[C@@H]2C)cc1. The molecule has 0 heterocycles. The van der Waals surface area contributed by atoms with Crippen molar-refractivity contribution in [3.8, 4) is 5.75 Å². The maximum Gasteiger partial charge on any atom is 0.234 e. The Morgan fingerprint density at radius 1 is 1.26 bits per heavy atom. The highest BCUT2D eigenvalue weighted by Gasteiger charge is 2.22. The predicted molar refractivity (Wildman–Crippen MR) is 93.7 cm³/mol. The molecule has 4 nitrogen and oxygen atoms in total. The summed E-state index contributed by atoms with van der Waals surface area (Å²) in [5, 5.41) is 3.19. The second kappa shape index (κ2) is 8.92. The van der Waals surface area contributed by atoms with Crippen molar-refractivity contribution in [3.05, 3.63) is 29.8 Å². The molecule has 1 aromatic rings. The van der Waals surface area contributed by atoms with Crippen LogP contribution in [0.15, 0.2) is 24.3 Å². The Bertz CT molecular complexity index is 487. The van der Waals surface area contributed by atoms with E-state index in [0.29, 0.717) is 25.1 Å². The fraction of sp³-hybridized carbons (Fsp3) is 0.632. The molecule has 1 amide bonds. The number of rotatable bonds is 7. The monoisotopic (exact) mass is 318 g/mol. The van der Waals surface area contributed by atoms with Gasteiger partial charge >= 0.3 is 0 Å². The van der Waals surface area contributed by atoms with Gasteiger partial charge in [0.1, 0.15) is 12.4 Å². The summed E-state index contributed by atoms with van der Waals surface area (Å²) < 4.78 is 5.71. The molecule has 1 fully saturated rings. The smallest absolute Gasteiger partial charge is 0.234 e. The van der Waals surface area contributed by atoms with Crippen molar-refractivity contribution in [1.29, 1.82) is 0 Å². The lowest BCUT2D eigenvalue weighted by molar-refractivity contribution is -0.123. The van der Waals surface area contributed by atoms with Gasteiger partial charge in [-0.15, -0.1) is 0 Å². The molecule has 0 aromatic heterocycles. The topological polar surface area (TPSA) is 41.6 Å². The highest BCUT2D eigenvalue weighted by atomic mass is 16.5. The first-order valence-corrected chi connectivity index (χ1v) is 8.72. The van der Waals surface area contributed by atoms with E-state index in [9.17, 15) is 4.79 Å². The summed E-state index contributed by atoms with van der Waals surface area (Å²) >= 11 is 0. The third kappa shape index (κ3) is 6.22. The molecule has 0 radical (unpaired) electrons. The van der Waals surface area contributed by atoms with Crippen molar-refractivity contribution >= 4 is 5.91 Å². The van der Waals surface area contributed by atoms with Crippen molar-refractivity contribution in [1.82, 2.24) is 10.2 Å². The maximum atomic E-state index is 12.1. The van der Waals surface area contributed by atoms with Crippen LogP contribution in [0.1, 0.15) is 38.2 Å². The number of carbonyl (C=O) groups excluding carboxylic acids is 1. The van der Waals surface area contributed by atoms with Gasteiger partial charge in [0.2, 0.25) is 5.91 Å². The number of aryl methyl sites for hydroxylation is 1. The van der Waals surface area contributed by atoms with E-state index in [1.807, 2.05) is 36.2 Å². The molecule has 1 N–H and O–H groups in total. The number of amides is 1. The van der Waals surface area contributed by atoms with Gasteiger partial charge in [0.15, 0.2) is 0 Å². The van der Waals surface area contributed by atoms with E-state index in [4.69, 9.17) is 4.74 Å². The average Bonchev–Trinajstić information content (AvgIpc) is 2.51. The van der Waals surface area contributed by atoms with E-state index in [0.717, 1.165) is 18.7 Å². The number of carbonyl (C=O) groups is 1. The minimum Gasteiger partial charge on any atom is -0.492 e. The minimum atomic E-state index is 0.126. The molecule has 2 atom stereocenters. The van der Waals surface area contributed by atoms with E-state index in [1.54, 1.807) is 0 Å². The fourth-order valence-electron chi connectivity index (χ4n) is 3.06. The van der Waals surface area contributed by atoms with Gasteiger partial charge in [-0.3, -0.25) is 9.69 Å². The molecule has 0 spiro atoms. The molecule has 4 heteroatoms. The quantitative estimate of drug-likeness (QED) is 0.840. The van der Waals surface area contributed by atoms with Gasteiger partial charge in [-0.25, -0.2) is 0 Å². The lowest BCUT2D eigenvalue weighted by atomic mass is 9.86. The van der Waals surface area contributed by atoms with Crippen LogP contribution in [0.4, 0.5) is 0 Å². The highest BCUT2D eigenvalue weighted by Crippen LogP contribution is 2.23. The minimum absolute atomic E-state index is 0.126. The van der Waals surface area contributed by atoms with Gasteiger partial charge in [-0.2, -0.15) is 0 Å². The molecule has 0 unspecified atom stereocenters. The molecule has 23 heavy (non-hydrogen) atoms. The Kier molecular flexibility index (Phi) is 6.90. The Morgan fingerprint density at radius 3 is 2.65 bits per heavy atom. The number of hydrogen-bond donors (Lipinski definition) is 1. The van der Waals surface area contributed by atoms with Crippen LogP contribution in [0.3, 0.4) is 0 Å². The van der Waals surface area contributed by atoms with Crippen LogP contribution in [0, 0.1) is 12.8 Å². The predicted octanol–water partition coefficient (Wildman–Crippen LogP) is 3.00. The summed E-state index contributed by atoms with van der Waals surface area (Å²) in [6, 6.07) is 8.39. The second-order valence-electron chi connectivity index (χ2n) is 6.84. The van der Waals surface area contributed by atoms with Gasteiger partial charge in [0.25, 0.3) is 0 Å². The third-order valence-electron chi connectivity index (χ3n) is 4.63. The van der Waals surface area contributed by atoms with Crippen LogP contribution >= 0.6 is 0 Å². The van der Waals surface area contributed by atoms with Crippen LogP contribution in [0.25, 0.3) is 0 Å². The second-order valence-corrected chi connectivity index (χ2v) is 6.84. The lowest BCUT2D eigenvalue weighted by Gasteiger charge is -2.30. The van der Waals surface area contributed by atoms with E-state index in [2.05, 4.69) is 19.2 Å². The number of nitrogens with zero attached hydrogens (tertiary/aromatic N) is 1. The van der Waals surface area contributed by atoms with Crippen molar-refractivity contribution in [2.24, 2.45) is 5.92 Å². The lowest BCUT2D eigenvalue weighted by Crippen LogP contribution is -2.45. The van der Waals surface area contributed by atoms with Crippen LogP contribution in [-0.2, 0) is 4.79 Å². The van der Waals surface area contributed by atoms with Crippen LogP contribution in [0.5, 0.6) is 5.75 Å². The normalized spacial score (nSPS) is 21.2. The Labute approximate surface area is 140 Å². The largest absolute Gasteiger partial charge is 0.492 e. The zero-order chi connectivity index (χ0) is 16.7. The number of nitrogens with one attached hydrogen (secondary N) is 1. The van der Waals surface area contributed by atoms with E-state index in [-0.39, 0.29) is 5.91 Å². The van der Waals surface area contributed by atoms with Crippen LogP contribution in [-0.4, -0.2) is 43.6 Å². The van der Waals surface area contributed by atoms with Gasteiger partial charge < -0.3 is 10.1 Å². The third-order valence-corrected chi connectivity index (χ3v) is 4.63. The average molecular weight is 318 g/mol. The van der Waals surface area contributed by atoms with Gasteiger partial charge in [0, 0.05) is 12.6 Å². The van der Waals surface area contributed by atoms with E-state index < -0.39 is 0 Å². The molecule has 0 saturated heterocycles. The standard InChI is InChI=1S/C19H30N2O2/c1-15-8-10-17(11-9-15)23-13-12-21(3)14-19(22)20-18-7-5-4-6-16(18)2/h8-11,16,18H,4-7,12-14H2,1-3H3,(H,20,22)/t16-,18-/m0/s1. The molecule has 1 aliphatic rings. The van der Waals surface area contributed by atoms with Crippen molar-refractivity contribution in [2.45, 2.75) is 45.6 Å². The summed E-state index contributed by atoms with van der Waals surface area (Å²) in [4.78, 5) is 14.2. The first-order valence-electron chi connectivity index (χ1n) is 8.72. The van der Waals surface area contributed by atoms with Gasteiger partial charge in [-0.1, -0.05) is 37.5 Å². The molecule has 1 saturated carbocycles. The molecular weight excluding hydrogens is 288 g/mol. The molecule has 128 valence electrons. The van der Waals surface area contributed by atoms with Gasteiger partial charge in [-0.05, 0) is 44.9 Å². The Hall–Kier alpha value is -1.55. The summed E-state index contributed by atoms with van der Waals surface area (Å²) in [6.07, 6.45) is 4.87. The molecule has 1 aliphatic carbocycles. The number of likely N-dealkylation sites (N-methyl/N-ethyl adjacent to an activating group) is 1. The summed E-state index contributed by atoms with van der Waals surface area (Å²) in [5.74, 6) is 1.61. The summed E-state index contributed by atoms with van der Waals surface area (Å²) in [7, 11) is 1.96. The number of ether oxygens (including phenoxy) is 1. The number of hydrogen-bond acceptors (Lipinski definition) is 3. The first kappa shape index (κ1) is 17.8. The molecule has 0 bridgehead atoms. The Balaban J connectivity index is 1.64. The fourth-order valence-corrected chi connectivity index (χ4v) is 3.06. The van der Waals surface area contributed by atoms with Crippen molar-refractivity contribution in [3.63, 3.8) is 0 Å². The zero-order valence-corrected chi connectivity index (χ0v) is 14.7. The Morgan fingerprint density at radius 2 is 1.96 bits per heavy atom. The van der Waals surface area contributed by atoms with Gasteiger partial charge in [0.05, 0.1) is 6.54 Å². The van der Waals surface area contributed by atoms with Crippen LogP contribution in [0.2, 0.25) is 0 Å². The molecule has 0 aliphatic heterocycles. The van der Waals surface area contributed by atoms with E-state index >= 15 is 0 Å². The summed E-state index contributed by atoms with van der Waals surface area (Å²) in [6.45, 7) is 6.06. The van der Waals surface area contributed by atoms with Crippen molar-refractivity contribution in [2.75, 3.05) is 26.7 Å². The zero-order valence-electron chi connectivity index (χ0n) is 14.7. The first-order chi connectivity index (χ1) is 11.0. The van der Waals surface area contributed by atoms with Crippen LogP contribution < -0.4 is 10.1 Å². The number of benzene rings is 1. The molecule has 2 rings (SSSR count).